The number of carbonyl (C=O) groups is 1. The Hall–Kier alpha value is -2.64. The van der Waals surface area contributed by atoms with Gasteiger partial charge in [0.15, 0.2) is 11.5 Å². The van der Waals surface area contributed by atoms with Crippen LogP contribution in [0.5, 0.6) is 5.88 Å². The van der Waals surface area contributed by atoms with Gasteiger partial charge in [-0.1, -0.05) is 0 Å². The Bertz CT molecular complexity index is 566. The van der Waals surface area contributed by atoms with Gasteiger partial charge in [-0.3, -0.25) is 0 Å². The second-order valence-electron chi connectivity index (χ2n) is 3.10. The number of hydrogen-bond acceptors (Lipinski definition) is 6. The lowest BCUT2D eigenvalue weighted by atomic mass is 10.4. The number of rotatable bonds is 3. The molecule has 2 heterocycles. The van der Waals surface area contributed by atoms with E-state index in [9.17, 15) is 4.79 Å². The smallest absolute Gasteiger partial charge is 0.358 e. The van der Waals surface area contributed by atoms with Crippen molar-refractivity contribution in [2.75, 3.05) is 12.8 Å². The average Bonchev–Trinajstić information content (AvgIpc) is 2.71. The number of nitrogens with zero attached hydrogens (tertiary/aromatic N) is 4. The first-order valence-corrected chi connectivity index (χ1v) is 4.56. The number of ether oxygens (including phenoxy) is 1. The molecule has 0 aliphatic carbocycles. The molecule has 0 atom stereocenters. The zero-order valence-corrected chi connectivity index (χ0v) is 8.86. The summed E-state index contributed by atoms with van der Waals surface area (Å²) in [5.74, 6) is -0.473. The van der Waals surface area contributed by atoms with Crippen LogP contribution < -0.4 is 10.5 Å². The molecule has 2 rings (SSSR count). The fourth-order valence-corrected chi connectivity index (χ4v) is 1.24. The van der Waals surface area contributed by atoms with E-state index in [0.717, 1.165) is 0 Å². The first kappa shape index (κ1) is 10.9. The molecular weight excluding hydrogens is 226 g/mol. The molecule has 0 fully saturated rings. The maximum Gasteiger partial charge on any atom is 0.358 e. The molecule has 0 radical (unpaired) electrons. The molecule has 2 aromatic heterocycles. The van der Waals surface area contributed by atoms with Crippen LogP contribution in [0.25, 0.3) is 5.82 Å². The van der Waals surface area contributed by atoms with Gasteiger partial charge in [0.25, 0.3) is 0 Å². The molecule has 8 heteroatoms. The third-order valence-electron chi connectivity index (χ3n) is 2.02. The van der Waals surface area contributed by atoms with E-state index in [1.807, 2.05) is 0 Å². The van der Waals surface area contributed by atoms with Crippen molar-refractivity contribution in [2.45, 2.75) is 0 Å². The molecule has 2 aromatic rings. The van der Waals surface area contributed by atoms with E-state index in [1.54, 1.807) is 0 Å². The molecule has 0 saturated heterocycles. The minimum Gasteiger partial charge on any atom is -0.481 e. The van der Waals surface area contributed by atoms with Gasteiger partial charge in [0.1, 0.15) is 6.33 Å². The third kappa shape index (κ3) is 2.00. The maximum atomic E-state index is 10.8. The molecule has 0 unspecified atom stereocenters. The van der Waals surface area contributed by atoms with Crippen molar-refractivity contribution in [3.05, 3.63) is 24.3 Å². The fourth-order valence-electron chi connectivity index (χ4n) is 1.24. The van der Waals surface area contributed by atoms with Crippen LogP contribution in [0.4, 0.5) is 5.69 Å². The van der Waals surface area contributed by atoms with Gasteiger partial charge in [-0.05, 0) is 0 Å². The molecular formula is C9H9N5O3. The van der Waals surface area contributed by atoms with Gasteiger partial charge in [-0.25, -0.2) is 19.4 Å². The van der Waals surface area contributed by atoms with Crippen molar-refractivity contribution in [1.29, 1.82) is 0 Å². The van der Waals surface area contributed by atoms with E-state index < -0.39 is 5.97 Å². The van der Waals surface area contributed by atoms with E-state index in [0.29, 0.717) is 11.7 Å². The molecule has 0 aliphatic heterocycles. The summed E-state index contributed by atoms with van der Waals surface area (Å²) in [6.45, 7) is 0. The van der Waals surface area contributed by atoms with E-state index in [2.05, 4.69) is 15.1 Å². The summed E-state index contributed by atoms with van der Waals surface area (Å²) < 4.78 is 6.17. The summed E-state index contributed by atoms with van der Waals surface area (Å²) in [4.78, 5) is 18.5. The Morgan fingerprint density at radius 3 is 2.88 bits per heavy atom. The van der Waals surface area contributed by atoms with Crippen LogP contribution in [0.2, 0.25) is 0 Å². The quantitative estimate of drug-likeness (QED) is 0.766. The van der Waals surface area contributed by atoms with E-state index in [4.69, 9.17) is 15.6 Å². The van der Waals surface area contributed by atoms with Crippen LogP contribution in [0, 0.1) is 0 Å². The summed E-state index contributed by atoms with van der Waals surface area (Å²) in [7, 11) is 1.46. The molecule has 0 aliphatic rings. The Morgan fingerprint density at radius 2 is 2.29 bits per heavy atom. The lowest BCUT2D eigenvalue weighted by molar-refractivity contribution is 0.0691. The topological polar surface area (TPSA) is 116 Å². The van der Waals surface area contributed by atoms with Gasteiger partial charge >= 0.3 is 5.97 Å². The Kier molecular flexibility index (Phi) is 2.61. The molecule has 0 bridgehead atoms. The van der Waals surface area contributed by atoms with Gasteiger partial charge in [-0.15, -0.1) is 0 Å². The average molecular weight is 235 g/mol. The Balaban J connectivity index is 2.46. The number of nitrogens with two attached hydrogens (primary N) is 1. The normalized spacial score (nSPS) is 10.2. The zero-order chi connectivity index (χ0) is 12.4. The standard InChI is InChI=1S/C9H9N5O3/c1-17-7-2-6(11-4-12-7)14-3-5(10)8(13-14)9(15)16/h2-4H,10H2,1H3,(H,15,16). The Labute approximate surface area is 95.7 Å². The lowest BCUT2D eigenvalue weighted by Gasteiger charge is -2.01. The highest BCUT2D eigenvalue weighted by Crippen LogP contribution is 2.14. The van der Waals surface area contributed by atoms with E-state index in [-0.39, 0.29) is 11.4 Å². The number of hydrogen-bond donors (Lipinski definition) is 2. The molecule has 0 spiro atoms. The monoisotopic (exact) mass is 235 g/mol. The summed E-state index contributed by atoms with van der Waals surface area (Å²) >= 11 is 0. The minimum atomic E-state index is -1.19. The second kappa shape index (κ2) is 4.08. The third-order valence-corrected chi connectivity index (χ3v) is 2.02. The summed E-state index contributed by atoms with van der Waals surface area (Å²) in [5, 5.41) is 12.6. The van der Waals surface area contributed by atoms with E-state index >= 15 is 0 Å². The van der Waals surface area contributed by atoms with Crippen molar-refractivity contribution in [3.8, 4) is 11.7 Å². The minimum absolute atomic E-state index is 0.0649. The SMILES string of the molecule is COc1cc(-n2cc(N)c(C(=O)O)n2)ncn1. The maximum absolute atomic E-state index is 10.8. The largest absolute Gasteiger partial charge is 0.481 e. The van der Waals surface area contributed by atoms with Crippen molar-refractivity contribution in [3.63, 3.8) is 0 Å². The lowest BCUT2D eigenvalue weighted by Crippen LogP contribution is -2.04. The van der Waals surface area contributed by atoms with Crippen molar-refractivity contribution >= 4 is 11.7 Å². The zero-order valence-electron chi connectivity index (χ0n) is 8.86. The molecule has 0 aromatic carbocycles. The molecule has 0 amide bonds. The highest BCUT2D eigenvalue weighted by atomic mass is 16.5. The number of aromatic carboxylic acids is 1. The fraction of sp³-hybridized carbons (Fsp3) is 0.111. The van der Waals surface area contributed by atoms with Crippen LogP contribution in [0.15, 0.2) is 18.6 Å². The first-order valence-electron chi connectivity index (χ1n) is 4.56. The van der Waals surface area contributed by atoms with Gasteiger partial charge in [-0.2, -0.15) is 5.10 Å². The number of methoxy groups -OCH3 is 1. The summed E-state index contributed by atoms with van der Waals surface area (Å²) in [6.07, 6.45) is 2.65. The van der Waals surface area contributed by atoms with Gasteiger partial charge in [0.05, 0.1) is 19.0 Å². The molecule has 8 nitrogen and oxygen atoms in total. The van der Waals surface area contributed by atoms with Crippen LogP contribution >= 0.6 is 0 Å². The van der Waals surface area contributed by atoms with Gasteiger partial charge in [0, 0.05) is 6.07 Å². The van der Waals surface area contributed by atoms with Crippen LogP contribution in [-0.2, 0) is 0 Å². The number of carboxylic acid groups (broad SMARTS) is 1. The van der Waals surface area contributed by atoms with Crippen LogP contribution in [-0.4, -0.2) is 37.9 Å². The van der Waals surface area contributed by atoms with Crippen molar-refractivity contribution in [2.24, 2.45) is 0 Å². The highest BCUT2D eigenvalue weighted by Gasteiger charge is 2.14. The van der Waals surface area contributed by atoms with Crippen molar-refractivity contribution in [1.82, 2.24) is 19.7 Å². The molecule has 0 saturated carbocycles. The molecule has 3 N–H and O–H groups in total. The van der Waals surface area contributed by atoms with E-state index in [1.165, 1.54) is 30.4 Å². The highest BCUT2D eigenvalue weighted by molar-refractivity contribution is 5.91. The summed E-state index contributed by atoms with van der Waals surface area (Å²) in [6, 6.07) is 1.51. The number of carboxylic acids is 1. The van der Waals surface area contributed by atoms with Gasteiger partial charge < -0.3 is 15.6 Å². The summed E-state index contributed by atoms with van der Waals surface area (Å²) in [5.41, 5.74) is 5.36. The molecule has 17 heavy (non-hydrogen) atoms. The first-order chi connectivity index (χ1) is 8.11. The second-order valence-corrected chi connectivity index (χ2v) is 3.10. The predicted octanol–water partition coefficient (Wildman–Crippen LogP) is -0.0487. The Morgan fingerprint density at radius 1 is 1.53 bits per heavy atom. The number of aromatic nitrogens is 4. The van der Waals surface area contributed by atoms with Crippen LogP contribution in [0.1, 0.15) is 10.5 Å². The number of anilines is 1. The van der Waals surface area contributed by atoms with Gasteiger partial charge in [0.2, 0.25) is 5.88 Å². The van der Waals surface area contributed by atoms with Crippen LogP contribution in [0.3, 0.4) is 0 Å². The number of nitrogen functional groups attached to an aromatic ring is 1. The van der Waals surface area contributed by atoms with Crippen molar-refractivity contribution < 1.29 is 14.6 Å². The molecule has 88 valence electrons. The predicted molar refractivity (Wildman–Crippen MR) is 57.1 cm³/mol.